The lowest BCUT2D eigenvalue weighted by Gasteiger charge is -2.25. The molecule has 0 aliphatic rings. The van der Waals surface area contributed by atoms with Gasteiger partial charge < -0.3 is 18.1 Å². The minimum absolute atomic E-state index is 0.849. The summed E-state index contributed by atoms with van der Waals surface area (Å²) in [5, 5.41) is 10.7. The van der Waals surface area contributed by atoms with Crippen LogP contribution in [0, 0.1) is 0 Å². The highest BCUT2D eigenvalue weighted by molar-refractivity contribution is 6.32. The third kappa shape index (κ3) is 4.79. The van der Waals surface area contributed by atoms with Gasteiger partial charge in [0.25, 0.3) is 0 Å². The van der Waals surface area contributed by atoms with E-state index in [-0.39, 0.29) is 0 Å². The predicted octanol–water partition coefficient (Wildman–Crippen LogP) is 16.0. The van der Waals surface area contributed by atoms with Gasteiger partial charge in [0.15, 0.2) is 0 Å². The van der Waals surface area contributed by atoms with E-state index in [0.717, 1.165) is 66.5 Å². The number of hydrogen-bond acceptors (Lipinski definition) is 3. The molecular formula is C56H34N2O2. The molecule has 4 nitrogen and oxygen atoms in total. The van der Waals surface area contributed by atoms with E-state index in [4.69, 9.17) is 8.83 Å². The summed E-state index contributed by atoms with van der Waals surface area (Å²) in [5.41, 5.74) is 13.7. The summed E-state index contributed by atoms with van der Waals surface area (Å²) in [7, 11) is 0. The SMILES string of the molecule is c1ccc(-c2c3c4cccc(-c5ccc(N(c6ccc7c(c6)oc6ccccc67)c6ccc7c(c6)oc6ccccc67)cc5)c4c4ccccc4c3n3ccccc23)cc1. The minimum atomic E-state index is 0.849. The monoisotopic (exact) mass is 766 g/mol. The lowest BCUT2D eigenvalue weighted by atomic mass is 9.89. The fourth-order valence-electron chi connectivity index (χ4n) is 9.78. The Labute approximate surface area is 344 Å². The smallest absolute Gasteiger partial charge is 0.137 e. The maximum Gasteiger partial charge on any atom is 0.137 e. The normalized spacial score (nSPS) is 12.0. The Hall–Kier alpha value is -8.08. The second kappa shape index (κ2) is 12.7. The van der Waals surface area contributed by atoms with Gasteiger partial charge in [-0.05, 0) is 93.5 Å². The van der Waals surface area contributed by atoms with Crippen molar-refractivity contribution in [3.8, 4) is 22.3 Å². The molecule has 0 spiro atoms. The average molecular weight is 767 g/mol. The zero-order valence-electron chi connectivity index (χ0n) is 32.3. The summed E-state index contributed by atoms with van der Waals surface area (Å²) < 4.78 is 15.2. The number of furan rings is 2. The molecule has 4 heteroatoms. The Morgan fingerprint density at radius 3 is 1.58 bits per heavy atom. The molecule has 4 heterocycles. The van der Waals surface area contributed by atoms with Crippen LogP contribution in [0.3, 0.4) is 0 Å². The van der Waals surface area contributed by atoms with Crippen LogP contribution in [0.15, 0.2) is 215 Å². The Kier molecular flexibility index (Phi) is 6.98. The summed E-state index contributed by atoms with van der Waals surface area (Å²) in [4.78, 5) is 2.30. The largest absolute Gasteiger partial charge is 0.456 e. The van der Waals surface area contributed by atoms with Gasteiger partial charge in [-0.15, -0.1) is 0 Å². The number of benzene rings is 9. The molecule has 0 saturated heterocycles. The molecule has 60 heavy (non-hydrogen) atoms. The maximum atomic E-state index is 6.42. The highest BCUT2D eigenvalue weighted by atomic mass is 16.3. The van der Waals surface area contributed by atoms with Crippen LogP contribution < -0.4 is 4.90 Å². The fraction of sp³-hybridized carbons (Fsp3) is 0. The van der Waals surface area contributed by atoms with Crippen LogP contribution in [-0.2, 0) is 0 Å². The molecule has 0 fully saturated rings. The average Bonchev–Trinajstić information content (AvgIpc) is 3.99. The molecule has 0 aliphatic heterocycles. The highest BCUT2D eigenvalue weighted by Gasteiger charge is 2.22. The molecule has 0 bridgehead atoms. The predicted molar refractivity (Wildman–Crippen MR) is 250 cm³/mol. The van der Waals surface area contributed by atoms with Crippen molar-refractivity contribution in [3.05, 3.63) is 206 Å². The number of nitrogens with zero attached hydrogens (tertiary/aromatic N) is 2. The van der Waals surface area contributed by atoms with E-state index < -0.39 is 0 Å². The van der Waals surface area contributed by atoms with Crippen LogP contribution in [0.5, 0.6) is 0 Å². The number of hydrogen-bond donors (Lipinski definition) is 0. The van der Waals surface area contributed by atoms with Crippen molar-refractivity contribution in [1.29, 1.82) is 0 Å². The second-order valence-corrected chi connectivity index (χ2v) is 15.6. The van der Waals surface area contributed by atoms with E-state index in [1.54, 1.807) is 0 Å². The lowest BCUT2D eigenvalue weighted by molar-refractivity contribution is 0.669. The Bertz CT molecular complexity index is 3720. The van der Waals surface area contributed by atoms with Crippen LogP contribution >= 0.6 is 0 Å². The maximum absolute atomic E-state index is 6.42. The summed E-state index contributed by atoms with van der Waals surface area (Å²) in [5.74, 6) is 0. The van der Waals surface area contributed by atoms with Crippen molar-refractivity contribution in [2.24, 2.45) is 0 Å². The number of pyridine rings is 1. The molecule has 0 amide bonds. The van der Waals surface area contributed by atoms with Crippen LogP contribution in [0.4, 0.5) is 17.1 Å². The first kappa shape index (κ1) is 32.9. The zero-order valence-corrected chi connectivity index (χ0v) is 32.3. The van der Waals surface area contributed by atoms with E-state index in [9.17, 15) is 0 Å². The summed E-state index contributed by atoms with van der Waals surface area (Å²) in [6, 6.07) is 71.5. The molecule has 0 aliphatic carbocycles. The van der Waals surface area contributed by atoms with Gasteiger partial charge >= 0.3 is 0 Å². The first-order chi connectivity index (χ1) is 29.8. The van der Waals surface area contributed by atoms with Crippen LogP contribution in [0.2, 0.25) is 0 Å². The molecular weight excluding hydrogens is 733 g/mol. The van der Waals surface area contributed by atoms with Crippen LogP contribution in [0.25, 0.3) is 104 Å². The van der Waals surface area contributed by atoms with Gasteiger partial charge in [0, 0.05) is 73.3 Å². The van der Waals surface area contributed by atoms with Crippen molar-refractivity contribution >= 4 is 98.9 Å². The molecule has 13 rings (SSSR count). The topological polar surface area (TPSA) is 33.9 Å². The number of anilines is 3. The number of fused-ring (bicyclic) bond motifs is 14. The highest BCUT2D eigenvalue weighted by Crippen LogP contribution is 2.47. The quantitative estimate of drug-likeness (QED) is 0.164. The van der Waals surface area contributed by atoms with Gasteiger partial charge in [-0.1, -0.05) is 127 Å². The van der Waals surface area contributed by atoms with E-state index in [1.165, 1.54) is 54.7 Å². The van der Waals surface area contributed by atoms with Gasteiger partial charge in [-0.25, -0.2) is 0 Å². The number of para-hydroxylation sites is 2. The van der Waals surface area contributed by atoms with Gasteiger partial charge in [0.2, 0.25) is 0 Å². The summed E-state index contributed by atoms with van der Waals surface area (Å²) >= 11 is 0. The summed E-state index contributed by atoms with van der Waals surface area (Å²) in [6.45, 7) is 0. The van der Waals surface area contributed by atoms with E-state index in [1.807, 2.05) is 24.3 Å². The third-order valence-corrected chi connectivity index (χ3v) is 12.4. The first-order valence-electron chi connectivity index (χ1n) is 20.4. The van der Waals surface area contributed by atoms with Gasteiger partial charge in [-0.3, -0.25) is 0 Å². The van der Waals surface area contributed by atoms with Crippen molar-refractivity contribution in [2.75, 3.05) is 4.90 Å². The Balaban J connectivity index is 1.02. The molecule has 0 saturated carbocycles. The van der Waals surface area contributed by atoms with Crippen molar-refractivity contribution in [1.82, 2.24) is 4.40 Å². The standard InChI is InChI=1S/C56H34N2O2/c1-2-13-36(14-3-1)53-48-21-10-11-32-57(48)56-46-18-5-4-17-45(46)54-40(19-12-20-47(54)55(53)56)35-24-26-37(27-25-35)58(38-28-30-43-41-15-6-8-22-49(41)59-51(43)33-38)39-29-31-44-42-16-7-9-23-50(42)60-52(44)34-39/h1-34H. The fourth-order valence-corrected chi connectivity index (χ4v) is 9.78. The molecule has 0 atom stereocenters. The van der Waals surface area contributed by atoms with Crippen molar-refractivity contribution in [3.63, 3.8) is 0 Å². The molecule has 9 aromatic carbocycles. The van der Waals surface area contributed by atoms with Gasteiger partial charge in [0.05, 0.1) is 11.0 Å². The van der Waals surface area contributed by atoms with E-state index in [2.05, 4.69) is 191 Å². The van der Waals surface area contributed by atoms with Gasteiger partial charge in [-0.2, -0.15) is 0 Å². The lowest BCUT2D eigenvalue weighted by Crippen LogP contribution is -2.09. The second-order valence-electron chi connectivity index (χ2n) is 15.6. The number of rotatable bonds is 5. The zero-order chi connectivity index (χ0) is 39.3. The third-order valence-electron chi connectivity index (χ3n) is 12.4. The van der Waals surface area contributed by atoms with Crippen LogP contribution in [-0.4, -0.2) is 4.40 Å². The Morgan fingerprint density at radius 1 is 0.350 bits per heavy atom. The Morgan fingerprint density at radius 2 is 0.900 bits per heavy atom. The van der Waals surface area contributed by atoms with Crippen molar-refractivity contribution < 1.29 is 8.83 Å². The first-order valence-corrected chi connectivity index (χ1v) is 20.4. The number of aromatic nitrogens is 1. The summed E-state index contributed by atoms with van der Waals surface area (Å²) in [6.07, 6.45) is 2.20. The van der Waals surface area contributed by atoms with Crippen LogP contribution in [0.1, 0.15) is 0 Å². The molecule has 4 aromatic heterocycles. The molecule has 0 unspecified atom stereocenters. The van der Waals surface area contributed by atoms with Crippen molar-refractivity contribution in [2.45, 2.75) is 0 Å². The van der Waals surface area contributed by atoms with E-state index >= 15 is 0 Å². The van der Waals surface area contributed by atoms with E-state index in [0.29, 0.717) is 0 Å². The molecule has 280 valence electrons. The molecule has 0 radical (unpaired) electrons. The van der Waals surface area contributed by atoms with Gasteiger partial charge in [0.1, 0.15) is 22.3 Å². The minimum Gasteiger partial charge on any atom is -0.456 e. The molecule has 0 N–H and O–H groups in total. The molecule has 13 aromatic rings.